The maximum Gasteiger partial charge on any atom is 0.231 e. The molecule has 0 aromatic heterocycles. The number of aryl methyl sites for hydroxylation is 2. The molecule has 0 radical (unpaired) electrons. The molecular weight excluding hydrogens is 248 g/mol. The number of hydrogen-bond acceptors (Lipinski definition) is 2. The van der Waals surface area contributed by atoms with Gasteiger partial charge in [0.05, 0.1) is 5.41 Å². The summed E-state index contributed by atoms with van der Waals surface area (Å²) >= 11 is 0. The number of para-hydroxylation sites is 1. The molecule has 1 aliphatic rings. The zero-order chi connectivity index (χ0) is 14.6. The third-order valence-corrected chi connectivity index (χ3v) is 4.38. The van der Waals surface area contributed by atoms with Gasteiger partial charge in [-0.2, -0.15) is 0 Å². The molecule has 1 unspecified atom stereocenters. The van der Waals surface area contributed by atoms with E-state index in [2.05, 4.69) is 49.6 Å². The average Bonchev–Trinajstić information content (AvgIpc) is 2.48. The van der Waals surface area contributed by atoms with Gasteiger partial charge in [-0.05, 0) is 50.3 Å². The van der Waals surface area contributed by atoms with Crippen LogP contribution in [0, 0.1) is 5.41 Å². The molecule has 1 fully saturated rings. The molecule has 0 spiro atoms. The topological polar surface area (TPSA) is 41.1 Å². The van der Waals surface area contributed by atoms with Crippen LogP contribution in [0.25, 0.3) is 0 Å². The van der Waals surface area contributed by atoms with Crippen molar-refractivity contribution in [2.75, 3.05) is 18.4 Å². The van der Waals surface area contributed by atoms with Gasteiger partial charge in [0.15, 0.2) is 0 Å². The molecular formula is C17H26N2O. The van der Waals surface area contributed by atoms with Gasteiger partial charge in [-0.15, -0.1) is 0 Å². The minimum Gasteiger partial charge on any atom is -0.325 e. The zero-order valence-corrected chi connectivity index (χ0v) is 12.9. The molecule has 0 aliphatic carbocycles. The second-order valence-corrected chi connectivity index (χ2v) is 5.95. The Morgan fingerprint density at radius 2 is 1.95 bits per heavy atom. The average molecular weight is 274 g/mol. The number of hydrogen-bond donors (Lipinski definition) is 2. The molecule has 1 heterocycles. The first kappa shape index (κ1) is 15.0. The molecule has 20 heavy (non-hydrogen) atoms. The van der Waals surface area contributed by atoms with Gasteiger partial charge >= 0.3 is 0 Å². The van der Waals surface area contributed by atoms with Gasteiger partial charge in [-0.25, -0.2) is 0 Å². The SMILES string of the molecule is CCc1cccc(CC)c1NC(=O)C1(C)CCCNC1. The number of rotatable bonds is 4. The van der Waals surface area contributed by atoms with Crippen LogP contribution in [0.15, 0.2) is 18.2 Å². The van der Waals surface area contributed by atoms with E-state index in [1.807, 2.05) is 0 Å². The molecule has 2 rings (SSSR count). The summed E-state index contributed by atoms with van der Waals surface area (Å²) in [5, 5.41) is 6.55. The van der Waals surface area contributed by atoms with E-state index in [4.69, 9.17) is 0 Å². The Balaban J connectivity index is 2.22. The Bertz CT molecular complexity index is 454. The Labute approximate surface area is 122 Å². The van der Waals surface area contributed by atoms with Crippen molar-refractivity contribution in [3.8, 4) is 0 Å². The number of piperidine rings is 1. The van der Waals surface area contributed by atoms with Crippen molar-refractivity contribution < 1.29 is 4.79 Å². The van der Waals surface area contributed by atoms with Crippen molar-refractivity contribution >= 4 is 11.6 Å². The minimum atomic E-state index is -0.288. The van der Waals surface area contributed by atoms with Crippen LogP contribution in [0.3, 0.4) is 0 Å². The molecule has 0 bridgehead atoms. The van der Waals surface area contributed by atoms with E-state index in [9.17, 15) is 4.79 Å². The smallest absolute Gasteiger partial charge is 0.231 e. The summed E-state index contributed by atoms with van der Waals surface area (Å²) in [7, 11) is 0. The minimum absolute atomic E-state index is 0.153. The fourth-order valence-electron chi connectivity index (χ4n) is 2.92. The fraction of sp³-hybridized carbons (Fsp3) is 0.588. The Kier molecular flexibility index (Phi) is 4.81. The Morgan fingerprint density at radius 1 is 1.30 bits per heavy atom. The van der Waals surface area contributed by atoms with Crippen molar-refractivity contribution in [3.05, 3.63) is 29.3 Å². The van der Waals surface area contributed by atoms with Gasteiger partial charge in [0, 0.05) is 12.2 Å². The summed E-state index contributed by atoms with van der Waals surface area (Å²) in [5.74, 6) is 0.153. The standard InChI is InChI=1S/C17H26N2O/c1-4-13-8-6-9-14(5-2)15(13)19-16(20)17(3)10-7-11-18-12-17/h6,8-9,18H,4-5,7,10-12H2,1-3H3,(H,19,20). The van der Waals surface area contributed by atoms with Gasteiger partial charge in [-0.1, -0.05) is 32.0 Å². The van der Waals surface area contributed by atoms with Crippen molar-refractivity contribution in [1.82, 2.24) is 5.32 Å². The van der Waals surface area contributed by atoms with Crippen LogP contribution in [-0.2, 0) is 17.6 Å². The second-order valence-electron chi connectivity index (χ2n) is 5.95. The van der Waals surface area contributed by atoms with Crippen LogP contribution < -0.4 is 10.6 Å². The van der Waals surface area contributed by atoms with Crippen LogP contribution in [0.4, 0.5) is 5.69 Å². The summed E-state index contributed by atoms with van der Waals surface area (Å²) in [5.41, 5.74) is 3.20. The van der Waals surface area contributed by atoms with Crippen molar-refractivity contribution in [2.45, 2.75) is 46.5 Å². The van der Waals surface area contributed by atoms with Gasteiger partial charge in [0.1, 0.15) is 0 Å². The lowest BCUT2D eigenvalue weighted by atomic mass is 9.81. The van der Waals surface area contributed by atoms with Crippen molar-refractivity contribution in [2.24, 2.45) is 5.41 Å². The lowest BCUT2D eigenvalue weighted by molar-refractivity contribution is -0.125. The van der Waals surface area contributed by atoms with E-state index < -0.39 is 0 Å². The van der Waals surface area contributed by atoms with Crippen LogP contribution >= 0.6 is 0 Å². The highest BCUT2D eigenvalue weighted by Crippen LogP contribution is 2.29. The van der Waals surface area contributed by atoms with Crippen molar-refractivity contribution in [3.63, 3.8) is 0 Å². The Morgan fingerprint density at radius 3 is 2.45 bits per heavy atom. The highest BCUT2D eigenvalue weighted by Gasteiger charge is 2.35. The van der Waals surface area contributed by atoms with Crippen LogP contribution in [0.1, 0.15) is 44.7 Å². The Hall–Kier alpha value is -1.35. The van der Waals surface area contributed by atoms with E-state index in [0.717, 1.165) is 44.5 Å². The van der Waals surface area contributed by atoms with Crippen LogP contribution in [-0.4, -0.2) is 19.0 Å². The number of carbonyl (C=O) groups is 1. The summed E-state index contributed by atoms with van der Waals surface area (Å²) in [6.45, 7) is 8.13. The summed E-state index contributed by atoms with van der Waals surface area (Å²) in [6, 6.07) is 6.30. The first-order chi connectivity index (χ1) is 9.60. The number of amides is 1. The molecule has 1 aromatic rings. The maximum absolute atomic E-state index is 12.7. The molecule has 1 aromatic carbocycles. The van der Waals surface area contributed by atoms with Gasteiger partial charge < -0.3 is 10.6 Å². The second kappa shape index (κ2) is 6.40. The van der Waals surface area contributed by atoms with E-state index in [-0.39, 0.29) is 11.3 Å². The molecule has 3 nitrogen and oxygen atoms in total. The highest BCUT2D eigenvalue weighted by atomic mass is 16.2. The largest absolute Gasteiger partial charge is 0.325 e. The highest BCUT2D eigenvalue weighted by molar-refractivity contribution is 5.96. The lowest BCUT2D eigenvalue weighted by Gasteiger charge is -2.33. The zero-order valence-electron chi connectivity index (χ0n) is 12.9. The maximum atomic E-state index is 12.7. The lowest BCUT2D eigenvalue weighted by Crippen LogP contribution is -2.46. The quantitative estimate of drug-likeness (QED) is 0.885. The third-order valence-electron chi connectivity index (χ3n) is 4.38. The molecule has 1 amide bonds. The first-order valence-electron chi connectivity index (χ1n) is 7.73. The third kappa shape index (κ3) is 3.04. The number of benzene rings is 1. The number of nitrogens with one attached hydrogen (secondary N) is 2. The predicted molar refractivity (Wildman–Crippen MR) is 84.0 cm³/mol. The van der Waals surface area contributed by atoms with Crippen LogP contribution in [0.2, 0.25) is 0 Å². The first-order valence-corrected chi connectivity index (χ1v) is 7.73. The van der Waals surface area contributed by atoms with E-state index in [0.29, 0.717) is 0 Å². The van der Waals surface area contributed by atoms with E-state index in [1.165, 1.54) is 11.1 Å². The number of anilines is 1. The molecule has 1 saturated heterocycles. The van der Waals surface area contributed by atoms with E-state index >= 15 is 0 Å². The summed E-state index contributed by atoms with van der Waals surface area (Å²) < 4.78 is 0. The van der Waals surface area contributed by atoms with Gasteiger partial charge in [0.25, 0.3) is 0 Å². The number of carbonyl (C=O) groups excluding carboxylic acids is 1. The molecule has 1 atom stereocenters. The predicted octanol–water partition coefficient (Wildman–Crippen LogP) is 3.14. The molecule has 2 N–H and O–H groups in total. The monoisotopic (exact) mass is 274 g/mol. The normalized spacial score (nSPS) is 22.6. The van der Waals surface area contributed by atoms with Gasteiger partial charge in [-0.3, -0.25) is 4.79 Å². The molecule has 3 heteroatoms. The van der Waals surface area contributed by atoms with Gasteiger partial charge in [0.2, 0.25) is 5.91 Å². The van der Waals surface area contributed by atoms with E-state index in [1.54, 1.807) is 0 Å². The molecule has 110 valence electrons. The van der Waals surface area contributed by atoms with Crippen molar-refractivity contribution in [1.29, 1.82) is 0 Å². The molecule has 1 aliphatic heterocycles. The van der Waals surface area contributed by atoms with Crippen LogP contribution in [0.5, 0.6) is 0 Å². The summed E-state index contributed by atoms with van der Waals surface area (Å²) in [4.78, 5) is 12.7. The molecule has 0 saturated carbocycles. The summed E-state index contributed by atoms with van der Waals surface area (Å²) in [6.07, 6.45) is 3.92. The fourth-order valence-corrected chi connectivity index (χ4v) is 2.92.